The van der Waals surface area contributed by atoms with Crippen LogP contribution in [0.2, 0.25) is 0 Å². The van der Waals surface area contributed by atoms with Crippen molar-refractivity contribution in [1.29, 1.82) is 0 Å². The van der Waals surface area contributed by atoms with E-state index in [4.69, 9.17) is 0 Å². The van der Waals surface area contributed by atoms with Crippen molar-refractivity contribution >= 4 is 11.6 Å². The van der Waals surface area contributed by atoms with Gasteiger partial charge in [-0.05, 0) is 48.4 Å². The third-order valence-electron chi connectivity index (χ3n) is 4.89. The first-order valence-electron chi connectivity index (χ1n) is 7.89. The molecular weight excluding hydrogens is 248 g/mol. The monoisotopic (exact) mass is 272 g/mol. The Morgan fingerprint density at radius 3 is 3.05 bits per heavy atom. The van der Waals surface area contributed by atoms with Crippen molar-refractivity contribution in [1.82, 2.24) is 5.32 Å². The van der Waals surface area contributed by atoms with Crippen LogP contribution in [0.25, 0.3) is 0 Å². The van der Waals surface area contributed by atoms with Crippen molar-refractivity contribution in [3.63, 3.8) is 0 Å². The van der Waals surface area contributed by atoms with E-state index in [2.05, 4.69) is 17.6 Å². The lowest BCUT2D eigenvalue weighted by atomic mass is 9.80. The van der Waals surface area contributed by atoms with Gasteiger partial charge in [-0.2, -0.15) is 0 Å². The van der Waals surface area contributed by atoms with Crippen LogP contribution >= 0.6 is 0 Å². The van der Waals surface area contributed by atoms with E-state index in [1.54, 1.807) is 0 Å². The molecule has 0 bridgehead atoms. The molecular formula is C17H24N2O. The maximum absolute atomic E-state index is 12.3. The third kappa shape index (κ3) is 2.82. The summed E-state index contributed by atoms with van der Waals surface area (Å²) >= 11 is 0. The molecule has 1 aliphatic carbocycles. The average Bonchev–Trinajstić information content (AvgIpc) is 2.93. The van der Waals surface area contributed by atoms with Gasteiger partial charge in [0.25, 0.3) is 5.91 Å². The van der Waals surface area contributed by atoms with Gasteiger partial charge in [0.15, 0.2) is 0 Å². The molecule has 0 aromatic heterocycles. The van der Waals surface area contributed by atoms with Crippen molar-refractivity contribution in [2.45, 2.75) is 39.0 Å². The van der Waals surface area contributed by atoms with Crippen molar-refractivity contribution in [3.8, 4) is 0 Å². The van der Waals surface area contributed by atoms with Crippen LogP contribution in [-0.2, 0) is 6.42 Å². The minimum absolute atomic E-state index is 0.0810. The van der Waals surface area contributed by atoms with Crippen LogP contribution in [0.5, 0.6) is 0 Å². The quantitative estimate of drug-likeness (QED) is 0.887. The number of carbonyl (C=O) groups excluding carboxylic acids is 1. The van der Waals surface area contributed by atoms with E-state index in [1.165, 1.54) is 36.9 Å². The fourth-order valence-electron chi connectivity index (χ4n) is 3.47. The Bertz CT molecular complexity index is 498. The molecule has 0 radical (unpaired) electrons. The van der Waals surface area contributed by atoms with E-state index in [1.807, 2.05) is 18.2 Å². The van der Waals surface area contributed by atoms with Crippen molar-refractivity contribution in [2.75, 3.05) is 18.4 Å². The summed E-state index contributed by atoms with van der Waals surface area (Å²) in [7, 11) is 0. The van der Waals surface area contributed by atoms with Crippen molar-refractivity contribution < 1.29 is 4.79 Å². The summed E-state index contributed by atoms with van der Waals surface area (Å²) in [5.41, 5.74) is 3.25. The molecule has 2 N–H and O–H groups in total. The summed E-state index contributed by atoms with van der Waals surface area (Å²) in [5.74, 6) is 1.48. The number of fused-ring (bicyclic) bond motifs is 1. The van der Waals surface area contributed by atoms with E-state index in [0.29, 0.717) is 5.92 Å². The molecule has 0 saturated heterocycles. The van der Waals surface area contributed by atoms with Gasteiger partial charge in [-0.15, -0.1) is 0 Å². The Morgan fingerprint density at radius 2 is 2.20 bits per heavy atom. The highest BCUT2D eigenvalue weighted by Gasteiger charge is 2.22. The minimum atomic E-state index is 0.0810. The maximum atomic E-state index is 12.3. The van der Waals surface area contributed by atoms with Crippen LogP contribution in [-0.4, -0.2) is 19.0 Å². The highest BCUT2D eigenvalue weighted by atomic mass is 16.1. The second-order valence-electron chi connectivity index (χ2n) is 6.28. The van der Waals surface area contributed by atoms with Crippen LogP contribution in [0, 0.1) is 11.8 Å². The minimum Gasteiger partial charge on any atom is -0.384 e. The summed E-state index contributed by atoms with van der Waals surface area (Å²) in [6.45, 7) is 4.13. The molecule has 1 fully saturated rings. The van der Waals surface area contributed by atoms with Gasteiger partial charge in [0.1, 0.15) is 0 Å². The largest absolute Gasteiger partial charge is 0.384 e. The first kappa shape index (κ1) is 13.5. The fourth-order valence-corrected chi connectivity index (χ4v) is 3.47. The summed E-state index contributed by atoms with van der Waals surface area (Å²) in [6, 6.07) is 5.99. The number of hydrogen-bond acceptors (Lipinski definition) is 2. The van der Waals surface area contributed by atoms with Gasteiger partial charge in [-0.1, -0.05) is 26.2 Å². The molecule has 2 aliphatic rings. The maximum Gasteiger partial charge on any atom is 0.251 e. The van der Waals surface area contributed by atoms with E-state index < -0.39 is 0 Å². The average molecular weight is 272 g/mol. The molecule has 2 atom stereocenters. The lowest BCUT2D eigenvalue weighted by Crippen LogP contribution is -2.33. The standard InChI is InChI=1S/C17H24N2O/c1-12-4-2-3-5-15(12)11-19-17(20)14-6-7-16-13(10-14)8-9-18-16/h6-7,10,12,15,18H,2-5,8-9,11H2,1H3,(H,19,20). The topological polar surface area (TPSA) is 41.1 Å². The Labute approximate surface area is 121 Å². The number of rotatable bonds is 3. The molecule has 3 nitrogen and oxygen atoms in total. The van der Waals surface area contributed by atoms with Crippen molar-refractivity contribution in [2.24, 2.45) is 11.8 Å². The van der Waals surface area contributed by atoms with Crippen LogP contribution < -0.4 is 10.6 Å². The predicted molar refractivity (Wildman–Crippen MR) is 82.1 cm³/mol. The van der Waals surface area contributed by atoms with Gasteiger partial charge < -0.3 is 10.6 Å². The van der Waals surface area contributed by atoms with Gasteiger partial charge in [-0.25, -0.2) is 0 Å². The number of nitrogens with one attached hydrogen (secondary N) is 2. The molecule has 1 amide bonds. The zero-order valence-electron chi connectivity index (χ0n) is 12.2. The normalized spacial score (nSPS) is 24.9. The number of hydrogen-bond donors (Lipinski definition) is 2. The molecule has 1 heterocycles. The van der Waals surface area contributed by atoms with E-state index in [9.17, 15) is 4.79 Å². The summed E-state index contributed by atoms with van der Waals surface area (Å²) in [6.07, 6.45) is 6.26. The van der Waals surface area contributed by atoms with Crippen LogP contribution in [0.3, 0.4) is 0 Å². The molecule has 1 aliphatic heterocycles. The van der Waals surface area contributed by atoms with Gasteiger partial charge >= 0.3 is 0 Å². The molecule has 1 saturated carbocycles. The highest BCUT2D eigenvalue weighted by Crippen LogP contribution is 2.29. The Hall–Kier alpha value is -1.51. The van der Waals surface area contributed by atoms with Gasteiger partial charge in [0.05, 0.1) is 0 Å². The van der Waals surface area contributed by atoms with E-state index in [-0.39, 0.29) is 5.91 Å². The zero-order chi connectivity index (χ0) is 13.9. The molecule has 20 heavy (non-hydrogen) atoms. The highest BCUT2D eigenvalue weighted by molar-refractivity contribution is 5.95. The Kier molecular flexibility index (Phi) is 3.95. The Morgan fingerprint density at radius 1 is 1.35 bits per heavy atom. The predicted octanol–water partition coefficient (Wildman–Crippen LogP) is 3.21. The molecule has 2 unspecified atom stereocenters. The lowest BCUT2D eigenvalue weighted by molar-refractivity contribution is 0.0936. The van der Waals surface area contributed by atoms with E-state index >= 15 is 0 Å². The van der Waals surface area contributed by atoms with E-state index in [0.717, 1.165) is 31.0 Å². The smallest absolute Gasteiger partial charge is 0.251 e. The third-order valence-corrected chi connectivity index (χ3v) is 4.89. The van der Waals surface area contributed by atoms with Gasteiger partial charge in [0.2, 0.25) is 0 Å². The number of amides is 1. The molecule has 1 aromatic carbocycles. The van der Waals surface area contributed by atoms with Gasteiger partial charge in [0, 0.05) is 24.3 Å². The summed E-state index contributed by atoms with van der Waals surface area (Å²) in [5, 5.41) is 6.45. The first-order chi connectivity index (χ1) is 9.74. The number of anilines is 1. The molecule has 3 heteroatoms. The first-order valence-corrected chi connectivity index (χ1v) is 7.89. The molecule has 0 spiro atoms. The Balaban J connectivity index is 1.59. The number of benzene rings is 1. The molecule has 3 rings (SSSR count). The SMILES string of the molecule is CC1CCCCC1CNC(=O)c1ccc2c(c1)CCN2. The second kappa shape index (κ2) is 5.86. The summed E-state index contributed by atoms with van der Waals surface area (Å²) in [4.78, 5) is 12.3. The summed E-state index contributed by atoms with van der Waals surface area (Å²) < 4.78 is 0. The molecule has 108 valence electrons. The van der Waals surface area contributed by atoms with Gasteiger partial charge in [-0.3, -0.25) is 4.79 Å². The zero-order valence-corrected chi connectivity index (χ0v) is 12.2. The molecule has 1 aromatic rings. The van der Waals surface area contributed by atoms with Crippen LogP contribution in [0.1, 0.15) is 48.5 Å². The second-order valence-corrected chi connectivity index (χ2v) is 6.28. The fraction of sp³-hybridized carbons (Fsp3) is 0.588. The number of carbonyl (C=O) groups is 1. The lowest BCUT2D eigenvalue weighted by Gasteiger charge is -2.28. The van der Waals surface area contributed by atoms with Crippen LogP contribution in [0.15, 0.2) is 18.2 Å². The van der Waals surface area contributed by atoms with Crippen molar-refractivity contribution in [3.05, 3.63) is 29.3 Å². The van der Waals surface area contributed by atoms with Crippen LogP contribution in [0.4, 0.5) is 5.69 Å².